The van der Waals surface area contributed by atoms with E-state index >= 15 is 0 Å². The van der Waals surface area contributed by atoms with Crippen LogP contribution in [-0.4, -0.2) is 52.1 Å². The van der Waals surface area contributed by atoms with Gasteiger partial charge in [-0.1, -0.05) is 6.07 Å². The maximum absolute atomic E-state index is 5.54. The van der Waals surface area contributed by atoms with Gasteiger partial charge in [0.15, 0.2) is 0 Å². The summed E-state index contributed by atoms with van der Waals surface area (Å²) in [6, 6.07) is 4.14. The van der Waals surface area contributed by atoms with Crippen molar-refractivity contribution in [3.8, 4) is 0 Å². The van der Waals surface area contributed by atoms with E-state index in [0.717, 1.165) is 38.4 Å². The van der Waals surface area contributed by atoms with E-state index in [-0.39, 0.29) is 0 Å². The highest BCUT2D eigenvalue weighted by Gasteiger charge is 2.07. The molecule has 0 bridgehead atoms. The quantitative estimate of drug-likeness (QED) is 0.643. The van der Waals surface area contributed by atoms with Crippen LogP contribution in [0.25, 0.3) is 0 Å². The Labute approximate surface area is 115 Å². The van der Waals surface area contributed by atoms with Gasteiger partial charge in [0, 0.05) is 40.1 Å². The van der Waals surface area contributed by atoms with Gasteiger partial charge in [0.25, 0.3) is 0 Å². The maximum Gasteiger partial charge on any atom is 0.128 e. The van der Waals surface area contributed by atoms with Crippen LogP contribution in [0.4, 0.5) is 5.82 Å². The zero-order valence-electron chi connectivity index (χ0n) is 12.0. The van der Waals surface area contributed by atoms with Crippen molar-refractivity contribution >= 4 is 5.82 Å². The number of ether oxygens (including phenoxy) is 2. The number of nitrogens with zero attached hydrogens (tertiary/aromatic N) is 2. The minimum Gasteiger partial charge on any atom is -0.385 e. The highest BCUT2D eigenvalue weighted by atomic mass is 16.5. The number of nitrogens with two attached hydrogens (primary N) is 1. The third-order valence-corrected chi connectivity index (χ3v) is 2.91. The van der Waals surface area contributed by atoms with Crippen molar-refractivity contribution in [2.75, 3.05) is 52.0 Å². The lowest BCUT2D eigenvalue weighted by Gasteiger charge is -2.23. The molecule has 5 nitrogen and oxygen atoms in total. The normalized spacial score (nSPS) is 10.7. The molecule has 0 amide bonds. The first-order chi connectivity index (χ1) is 9.31. The smallest absolute Gasteiger partial charge is 0.128 e. The van der Waals surface area contributed by atoms with Gasteiger partial charge < -0.3 is 20.1 Å². The number of anilines is 1. The third kappa shape index (κ3) is 6.00. The Morgan fingerprint density at radius 1 is 1.16 bits per heavy atom. The molecule has 1 rings (SSSR count). The van der Waals surface area contributed by atoms with E-state index in [1.165, 1.54) is 5.56 Å². The molecule has 1 heterocycles. The second-order valence-corrected chi connectivity index (χ2v) is 4.39. The summed E-state index contributed by atoms with van der Waals surface area (Å²) in [4.78, 5) is 6.72. The summed E-state index contributed by atoms with van der Waals surface area (Å²) in [5.74, 6) is 0.980. The fourth-order valence-corrected chi connectivity index (χ4v) is 1.86. The fourth-order valence-electron chi connectivity index (χ4n) is 1.86. The molecule has 1 aromatic rings. The lowest BCUT2D eigenvalue weighted by atomic mass is 10.2. The Morgan fingerprint density at radius 2 is 1.95 bits per heavy atom. The van der Waals surface area contributed by atoms with E-state index < -0.39 is 0 Å². The summed E-state index contributed by atoms with van der Waals surface area (Å²) in [6.07, 6.45) is 3.75. The summed E-state index contributed by atoms with van der Waals surface area (Å²) >= 11 is 0. The number of rotatable bonds is 10. The van der Waals surface area contributed by atoms with Crippen molar-refractivity contribution in [3.05, 3.63) is 23.9 Å². The highest BCUT2D eigenvalue weighted by Crippen LogP contribution is 2.12. The van der Waals surface area contributed by atoms with Crippen LogP contribution in [0.2, 0.25) is 0 Å². The van der Waals surface area contributed by atoms with Crippen molar-refractivity contribution in [1.29, 1.82) is 0 Å². The van der Waals surface area contributed by atoms with E-state index in [4.69, 9.17) is 15.2 Å². The molecule has 108 valence electrons. The number of aromatic nitrogens is 1. The Balaban J connectivity index is 2.60. The Hall–Kier alpha value is -1.17. The lowest BCUT2D eigenvalue weighted by molar-refractivity contribution is 0.191. The first kappa shape index (κ1) is 15.9. The van der Waals surface area contributed by atoms with Crippen LogP contribution in [0.15, 0.2) is 18.3 Å². The van der Waals surface area contributed by atoms with Crippen LogP contribution in [0, 0.1) is 0 Å². The Morgan fingerprint density at radius 3 is 2.53 bits per heavy atom. The molecule has 0 aliphatic carbocycles. The first-order valence-corrected chi connectivity index (χ1v) is 6.69. The molecule has 0 saturated heterocycles. The molecular weight excluding hydrogens is 242 g/mol. The molecule has 0 saturated carbocycles. The van der Waals surface area contributed by atoms with Crippen molar-refractivity contribution in [3.63, 3.8) is 0 Å². The van der Waals surface area contributed by atoms with Crippen molar-refractivity contribution in [1.82, 2.24) is 4.98 Å². The summed E-state index contributed by atoms with van der Waals surface area (Å²) in [7, 11) is 3.43. The molecule has 1 aromatic heterocycles. The zero-order chi connectivity index (χ0) is 13.9. The largest absolute Gasteiger partial charge is 0.385 e. The van der Waals surface area contributed by atoms with Gasteiger partial charge in [-0.25, -0.2) is 4.98 Å². The minimum atomic E-state index is 0.655. The van der Waals surface area contributed by atoms with Crippen molar-refractivity contribution in [2.24, 2.45) is 5.73 Å². The molecule has 0 radical (unpaired) electrons. The highest BCUT2D eigenvalue weighted by molar-refractivity contribution is 5.39. The molecule has 2 N–H and O–H groups in total. The molecule has 0 aliphatic heterocycles. The summed E-state index contributed by atoms with van der Waals surface area (Å²) in [5, 5.41) is 0. The van der Waals surface area contributed by atoms with Crippen LogP contribution >= 0.6 is 0 Å². The van der Waals surface area contributed by atoms with Gasteiger partial charge >= 0.3 is 0 Å². The Kier molecular flexibility index (Phi) is 8.13. The van der Waals surface area contributed by atoms with Gasteiger partial charge in [0.2, 0.25) is 0 Å². The number of hydrogen-bond acceptors (Lipinski definition) is 5. The minimum absolute atomic E-state index is 0.655. The number of hydrogen-bond donors (Lipinski definition) is 1. The second kappa shape index (κ2) is 9.72. The maximum atomic E-state index is 5.54. The van der Waals surface area contributed by atoms with E-state index in [9.17, 15) is 0 Å². The van der Waals surface area contributed by atoms with Crippen molar-refractivity contribution in [2.45, 2.75) is 12.8 Å². The SMILES string of the molecule is COCCCN(CCOC)c1ccc(CCN)cn1. The van der Waals surface area contributed by atoms with Gasteiger partial charge in [-0.05, 0) is 31.0 Å². The standard InChI is InChI=1S/C14H25N3O2/c1-18-10-3-8-17(9-11-19-2)14-5-4-13(6-7-15)12-16-14/h4-5,12H,3,6-11,15H2,1-2H3. The van der Waals surface area contributed by atoms with Gasteiger partial charge in [-0.3, -0.25) is 0 Å². The van der Waals surface area contributed by atoms with E-state index in [0.29, 0.717) is 13.2 Å². The molecule has 0 aliphatic rings. The Bertz CT molecular complexity index is 330. The fraction of sp³-hybridized carbons (Fsp3) is 0.643. The molecular formula is C14H25N3O2. The van der Waals surface area contributed by atoms with Crippen LogP contribution in [0.1, 0.15) is 12.0 Å². The van der Waals surface area contributed by atoms with Gasteiger partial charge in [-0.15, -0.1) is 0 Å². The van der Waals surface area contributed by atoms with Gasteiger partial charge in [0.1, 0.15) is 5.82 Å². The average molecular weight is 267 g/mol. The van der Waals surface area contributed by atoms with E-state index in [2.05, 4.69) is 16.0 Å². The van der Waals surface area contributed by atoms with E-state index in [1.54, 1.807) is 14.2 Å². The summed E-state index contributed by atoms with van der Waals surface area (Å²) in [6.45, 7) is 3.86. The molecule has 0 spiro atoms. The van der Waals surface area contributed by atoms with Crippen LogP contribution in [0.5, 0.6) is 0 Å². The number of pyridine rings is 1. The topological polar surface area (TPSA) is 60.6 Å². The van der Waals surface area contributed by atoms with Crippen molar-refractivity contribution < 1.29 is 9.47 Å². The van der Waals surface area contributed by atoms with Crippen LogP contribution in [0.3, 0.4) is 0 Å². The van der Waals surface area contributed by atoms with Crippen LogP contribution in [-0.2, 0) is 15.9 Å². The third-order valence-electron chi connectivity index (χ3n) is 2.91. The first-order valence-electron chi connectivity index (χ1n) is 6.69. The lowest BCUT2D eigenvalue weighted by Crippen LogP contribution is -2.29. The van der Waals surface area contributed by atoms with Gasteiger partial charge in [-0.2, -0.15) is 0 Å². The second-order valence-electron chi connectivity index (χ2n) is 4.39. The molecule has 0 fully saturated rings. The number of methoxy groups -OCH3 is 2. The molecule has 0 atom stereocenters. The monoisotopic (exact) mass is 267 g/mol. The molecule has 0 aromatic carbocycles. The van der Waals surface area contributed by atoms with E-state index in [1.807, 2.05) is 12.3 Å². The predicted molar refractivity (Wildman–Crippen MR) is 77.6 cm³/mol. The summed E-state index contributed by atoms with van der Waals surface area (Å²) < 4.78 is 10.2. The summed E-state index contributed by atoms with van der Waals surface area (Å²) in [5.41, 5.74) is 6.71. The average Bonchev–Trinajstić information content (AvgIpc) is 2.44. The molecule has 19 heavy (non-hydrogen) atoms. The van der Waals surface area contributed by atoms with Crippen LogP contribution < -0.4 is 10.6 Å². The zero-order valence-corrected chi connectivity index (χ0v) is 12.0. The molecule has 5 heteroatoms. The molecule has 0 unspecified atom stereocenters. The predicted octanol–water partition coefficient (Wildman–Crippen LogP) is 1.07. The van der Waals surface area contributed by atoms with Gasteiger partial charge in [0.05, 0.1) is 6.61 Å².